The average Bonchev–Trinajstić information content (AvgIpc) is 2.21. The van der Waals surface area contributed by atoms with E-state index in [1.807, 2.05) is 0 Å². The van der Waals surface area contributed by atoms with Crippen molar-refractivity contribution in [2.24, 2.45) is 5.10 Å². The predicted molar refractivity (Wildman–Crippen MR) is 64.3 cm³/mol. The number of carbonyl (C=O) groups is 1. The van der Waals surface area contributed by atoms with Gasteiger partial charge < -0.3 is 0 Å². The highest BCUT2D eigenvalue weighted by atomic mass is 35.5. The van der Waals surface area contributed by atoms with Crippen molar-refractivity contribution in [3.05, 3.63) is 28.2 Å². The van der Waals surface area contributed by atoms with Crippen molar-refractivity contribution in [2.45, 2.75) is 0 Å². The quantitative estimate of drug-likeness (QED) is 0.516. The van der Waals surface area contributed by atoms with E-state index in [1.54, 1.807) is 18.2 Å². The number of carbonyl (C=O) groups excluding carboxylic acids is 1. The molecule has 80 valence electrons. The number of benzene rings is 1. The van der Waals surface area contributed by atoms with Crippen molar-refractivity contribution in [1.29, 1.82) is 0 Å². The van der Waals surface area contributed by atoms with Crippen LogP contribution in [0.2, 0.25) is 10.0 Å². The van der Waals surface area contributed by atoms with Crippen molar-refractivity contribution in [3.8, 4) is 0 Å². The van der Waals surface area contributed by atoms with Crippen LogP contribution in [-0.4, -0.2) is 17.9 Å². The smallest absolute Gasteiger partial charge is 0.190 e. The first-order valence-corrected chi connectivity index (χ1v) is 5.25. The van der Waals surface area contributed by atoms with Gasteiger partial charge in [0.25, 0.3) is 0 Å². The van der Waals surface area contributed by atoms with Gasteiger partial charge in [0.05, 0.1) is 22.8 Å². The normalized spacial score (nSPS) is 10.6. The molecule has 0 spiro atoms. The van der Waals surface area contributed by atoms with E-state index in [2.05, 4.69) is 10.5 Å². The van der Waals surface area contributed by atoms with Crippen molar-refractivity contribution in [2.75, 3.05) is 11.3 Å². The Hall–Kier alpha value is -0.770. The summed E-state index contributed by atoms with van der Waals surface area (Å²) in [5.74, 6) is -0.381. The number of hydrazone groups is 1. The van der Waals surface area contributed by atoms with Gasteiger partial charge >= 0.3 is 0 Å². The van der Waals surface area contributed by atoms with Gasteiger partial charge in [-0.15, -0.1) is 11.6 Å². The summed E-state index contributed by atoms with van der Waals surface area (Å²) in [5, 5.41) is 4.63. The standard InChI is InChI=1S/C9H7Cl3N2O/c10-4-7(15)5-13-14-9-2-1-6(11)3-8(9)12/h1-3,5,14H,4H2. The third-order valence-electron chi connectivity index (χ3n) is 1.46. The molecule has 0 aliphatic carbocycles. The van der Waals surface area contributed by atoms with Gasteiger partial charge in [0.2, 0.25) is 0 Å². The molecule has 0 unspecified atom stereocenters. The van der Waals surface area contributed by atoms with E-state index < -0.39 is 0 Å². The fourth-order valence-corrected chi connectivity index (χ4v) is 1.31. The number of hydrogen-bond donors (Lipinski definition) is 1. The SMILES string of the molecule is O=C(C=NNc1ccc(Cl)cc1Cl)CCl. The first kappa shape index (κ1) is 12.3. The molecule has 6 heteroatoms. The molecule has 1 N–H and O–H groups in total. The Labute approximate surface area is 102 Å². The second kappa shape index (κ2) is 5.95. The van der Waals surface area contributed by atoms with Crippen LogP contribution in [0.4, 0.5) is 5.69 Å². The summed E-state index contributed by atoms with van der Waals surface area (Å²) >= 11 is 16.8. The molecule has 0 aliphatic rings. The van der Waals surface area contributed by atoms with Crippen LogP contribution < -0.4 is 5.43 Å². The molecule has 0 bridgehead atoms. The molecule has 1 rings (SSSR count). The Kier molecular flexibility index (Phi) is 4.88. The van der Waals surface area contributed by atoms with E-state index in [0.717, 1.165) is 6.21 Å². The van der Waals surface area contributed by atoms with E-state index in [9.17, 15) is 4.79 Å². The molecule has 0 radical (unpaired) electrons. The molecular formula is C9H7Cl3N2O. The number of Topliss-reactive ketones (excluding diaryl/α,β-unsaturated/α-hetero) is 1. The van der Waals surface area contributed by atoms with E-state index in [1.165, 1.54) is 0 Å². The third kappa shape index (κ3) is 4.08. The van der Waals surface area contributed by atoms with Crippen molar-refractivity contribution >= 4 is 52.5 Å². The zero-order valence-electron chi connectivity index (χ0n) is 7.51. The number of hydrogen-bond acceptors (Lipinski definition) is 3. The number of nitrogens with zero attached hydrogens (tertiary/aromatic N) is 1. The van der Waals surface area contributed by atoms with Crippen LogP contribution >= 0.6 is 34.8 Å². The predicted octanol–water partition coefficient (Wildman–Crippen LogP) is 3.20. The number of nitrogens with one attached hydrogen (secondary N) is 1. The van der Waals surface area contributed by atoms with E-state index in [0.29, 0.717) is 15.7 Å². The maximum atomic E-state index is 10.8. The summed E-state index contributed by atoms with van der Waals surface area (Å²) in [6.07, 6.45) is 1.10. The van der Waals surface area contributed by atoms with Gasteiger partial charge in [-0.3, -0.25) is 10.2 Å². The van der Waals surface area contributed by atoms with Crippen LogP contribution in [0, 0.1) is 0 Å². The first-order chi connectivity index (χ1) is 7.13. The summed E-state index contributed by atoms with van der Waals surface area (Å²) < 4.78 is 0. The van der Waals surface area contributed by atoms with Gasteiger partial charge in [-0.25, -0.2) is 0 Å². The lowest BCUT2D eigenvalue weighted by Gasteiger charge is -2.02. The number of anilines is 1. The summed E-state index contributed by atoms with van der Waals surface area (Å²) in [7, 11) is 0. The third-order valence-corrected chi connectivity index (χ3v) is 2.27. The Balaban J connectivity index is 2.65. The molecule has 0 atom stereocenters. The minimum atomic E-state index is -0.283. The van der Waals surface area contributed by atoms with Crippen LogP contribution in [0.15, 0.2) is 23.3 Å². The number of ketones is 1. The molecule has 3 nitrogen and oxygen atoms in total. The Morgan fingerprint density at radius 2 is 2.20 bits per heavy atom. The summed E-state index contributed by atoms with van der Waals surface area (Å²) in [6.45, 7) is 0. The monoisotopic (exact) mass is 264 g/mol. The molecular weight excluding hydrogens is 258 g/mol. The molecule has 15 heavy (non-hydrogen) atoms. The molecule has 0 saturated carbocycles. The molecule has 0 fully saturated rings. The van der Waals surface area contributed by atoms with Crippen LogP contribution in [0.5, 0.6) is 0 Å². The van der Waals surface area contributed by atoms with Crippen LogP contribution in [0.3, 0.4) is 0 Å². The molecule has 0 heterocycles. The van der Waals surface area contributed by atoms with Crippen molar-refractivity contribution < 1.29 is 4.79 Å². The minimum absolute atomic E-state index is 0.0977. The highest BCUT2D eigenvalue weighted by Crippen LogP contribution is 2.25. The van der Waals surface area contributed by atoms with Crippen LogP contribution in [0.25, 0.3) is 0 Å². The first-order valence-electron chi connectivity index (χ1n) is 3.96. The van der Waals surface area contributed by atoms with Crippen LogP contribution in [-0.2, 0) is 4.79 Å². The molecule has 0 aromatic heterocycles. The van der Waals surface area contributed by atoms with Gasteiger partial charge in [-0.1, -0.05) is 23.2 Å². The summed E-state index contributed by atoms with van der Waals surface area (Å²) in [4.78, 5) is 10.8. The van der Waals surface area contributed by atoms with E-state index >= 15 is 0 Å². The summed E-state index contributed by atoms with van der Waals surface area (Å²) in [5.41, 5.74) is 3.17. The Morgan fingerprint density at radius 3 is 2.80 bits per heavy atom. The van der Waals surface area contributed by atoms with Crippen molar-refractivity contribution in [1.82, 2.24) is 0 Å². The fourth-order valence-electron chi connectivity index (χ4n) is 0.788. The van der Waals surface area contributed by atoms with E-state index in [-0.39, 0.29) is 11.7 Å². The summed E-state index contributed by atoms with van der Waals surface area (Å²) in [6, 6.07) is 4.90. The van der Waals surface area contributed by atoms with Gasteiger partial charge in [-0.2, -0.15) is 5.10 Å². The van der Waals surface area contributed by atoms with Crippen LogP contribution in [0.1, 0.15) is 0 Å². The molecule has 1 aromatic carbocycles. The lowest BCUT2D eigenvalue weighted by molar-refractivity contribution is -0.110. The van der Waals surface area contributed by atoms with Gasteiger partial charge in [-0.05, 0) is 18.2 Å². The minimum Gasteiger partial charge on any atom is -0.292 e. The number of alkyl halides is 1. The largest absolute Gasteiger partial charge is 0.292 e. The highest BCUT2D eigenvalue weighted by Gasteiger charge is 1.99. The second-order valence-electron chi connectivity index (χ2n) is 2.59. The lowest BCUT2D eigenvalue weighted by Crippen LogP contribution is -2.02. The lowest BCUT2D eigenvalue weighted by atomic mass is 10.3. The van der Waals surface area contributed by atoms with E-state index in [4.69, 9.17) is 34.8 Å². The number of rotatable bonds is 4. The van der Waals surface area contributed by atoms with Gasteiger partial charge in [0, 0.05) is 5.02 Å². The highest BCUT2D eigenvalue weighted by molar-refractivity contribution is 6.41. The fraction of sp³-hybridized carbons (Fsp3) is 0.111. The molecule has 0 aliphatic heterocycles. The Morgan fingerprint density at radius 1 is 1.47 bits per heavy atom. The second-order valence-corrected chi connectivity index (χ2v) is 3.71. The molecule has 0 saturated heterocycles. The number of halogens is 3. The zero-order chi connectivity index (χ0) is 11.3. The zero-order valence-corrected chi connectivity index (χ0v) is 9.77. The van der Waals surface area contributed by atoms with Crippen molar-refractivity contribution in [3.63, 3.8) is 0 Å². The average molecular weight is 266 g/mol. The molecule has 0 amide bonds. The maximum absolute atomic E-state index is 10.8. The Bertz CT molecular complexity index is 393. The topological polar surface area (TPSA) is 41.5 Å². The molecule has 1 aromatic rings. The van der Waals surface area contributed by atoms with Gasteiger partial charge in [0.1, 0.15) is 0 Å². The maximum Gasteiger partial charge on any atom is 0.190 e. The van der Waals surface area contributed by atoms with Gasteiger partial charge in [0.15, 0.2) is 5.78 Å².